The Bertz CT molecular complexity index is 930. The first kappa shape index (κ1) is 20.4. The van der Waals surface area contributed by atoms with Crippen LogP contribution in [0.5, 0.6) is 0 Å². The van der Waals surface area contributed by atoms with Gasteiger partial charge in [0, 0.05) is 24.2 Å². The third-order valence-corrected chi connectivity index (χ3v) is 8.33. The second-order valence-electron chi connectivity index (χ2n) is 8.85. The van der Waals surface area contributed by atoms with Gasteiger partial charge in [-0.3, -0.25) is 4.72 Å². The van der Waals surface area contributed by atoms with Crippen molar-refractivity contribution in [3.05, 3.63) is 65.7 Å². The second-order valence-corrected chi connectivity index (χ2v) is 10.7. The topological polar surface area (TPSA) is 49.4 Å². The van der Waals surface area contributed by atoms with Crippen molar-refractivity contribution in [2.24, 2.45) is 11.8 Å². The number of hydrogen-bond donors (Lipinski definition) is 1. The van der Waals surface area contributed by atoms with Gasteiger partial charge >= 0.3 is 0 Å². The van der Waals surface area contributed by atoms with Crippen LogP contribution in [0, 0.1) is 11.8 Å². The van der Waals surface area contributed by atoms with Crippen LogP contribution in [0.1, 0.15) is 37.8 Å². The lowest BCUT2D eigenvalue weighted by molar-refractivity contribution is 0.274. The van der Waals surface area contributed by atoms with Crippen molar-refractivity contribution in [3.63, 3.8) is 0 Å². The predicted molar refractivity (Wildman–Crippen MR) is 120 cm³/mol. The fourth-order valence-electron chi connectivity index (χ4n) is 5.14. The minimum Gasteiger partial charge on any atom is -0.303 e. The summed E-state index contributed by atoms with van der Waals surface area (Å²) in [5, 5.41) is 0. The summed E-state index contributed by atoms with van der Waals surface area (Å²) < 4.78 is 26.9. The van der Waals surface area contributed by atoms with Crippen LogP contribution in [-0.4, -0.2) is 38.7 Å². The molecule has 1 saturated heterocycles. The number of hydrogen-bond acceptors (Lipinski definition) is 3. The van der Waals surface area contributed by atoms with Gasteiger partial charge in [0.15, 0.2) is 0 Å². The normalized spacial score (nSPS) is 26.3. The molecule has 2 fully saturated rings. The van der Waals surface area contributed by atoms with Crippen LogP contribution >= 0.6 is 0 Å². The zero-order valence-electron chi connectivity index (χ0n) is 17.5. The lowest BCUT2D eigenvalue weighted by atomic mass is 9.92. The molecule has 156 valence electrons. The summed E-state index contributed by atoms with van der Waals surface area (Å²) >= 11 is 0. The van der Waals surface area contributed by atoms with Gasteiger partial charge in [-0.1, -0.05) is 56.3 Å². The van der Waals surface area contributed by atoms with Crippen LogP contribution in [0.3, 0.4) is 0 Å². The summed E-state index contributed by atoms with van der Waals surface area (Å²) in [7, 11) is -3.25. The average Bonchev–Trinajstić information content (AvgIpc) is 3.03. The van der Waals surface area contributed by atoms with E-state index in [0.717, 1.165) is 26.1 Å². The Kier molecular flexibility index (Phi) is 5.71. The van der Waals surface area contributed by atoms with E-state index in [-0.39, 0.29) is 11.2 Å². The maximum Gasteiger partial charge on any atom is 0.232 e. The number of anilines is 1. The molecule has 5 heteroatoms. The molecule has 2 aromatic rings. The second kappa shape index (κ2) is 8.11. The first-order valence-electron chi connectivity index (χ1n) is 10.8. The van der Waals surface area contributed by atoms with Gasteiger partial charge in [0.1, 0.15) is 0 Å². The van der Waals surface area contributed by atoms with Crippen molar-refractivity contribution in [2.75, 3.05) is 30.1 Å². The SMILES string of the molecule is CCCS(=O)(=O)Nc1cccc(C2(C)C3CN(CCCc4ccccc4)CC32)c1. The van der Waals surface area contributed by atoms with Crippen LogP contribution in [0.2, 0.25) is 0 Å². The molecule has 29 heavy (non-hydrogen) atoms. The van der Waals surface area contributed by atoms with Crippen LogP contribution in [0.15, 0.2) is 54.6 Å². The molecule has 2 unspecified atom stereocenters. The Morgan fingerprint density at radius 2 is 1.79 bits per heavy atom. The Hall–Kier alpha value is -1.85. The van der Waals surface area contributed by atoms with E-state index in [1.165, 1.54) is 17.5 Å². The Morgan fingerprint density at radius 3 is 2.48 bits per heavy atom. The molecule has 4 nitrogen and oxygen atoms in total. The van der Waals surface area contributed by atoms with Gasteiger partial charge in [0.2, 0.25) is 10.0 Å². The standard InChI is InChI=1S/C24H32N2O2S/c1-3-15-29(27,28)25-21-13-7-12-20(16-21)24(2)22-17-26(18-23(22)24)14-8-11-19-9-5-4-6-10-19/h4-7,9-10,12-13,16,22-23,25H,3,8,11,14-15,17-18H2,1-2H3. The smallest absolute Gasteiger partial charge is 0.232 e. The van der Waals surface area contributed by atoms with Gasteiger partial charge in [-0.25, -0.2) is 8.42 Å². The minimum atomic E-state index is -3.25. The largest absolute Gasteiger partial charge is 0.303 e. The van der Waals surface area contributed by atoms with Crippen molar-refractivity contribution < 1.29 is 8.42 Å². The van der Waals surface area contributed by atoms with Gasteiger partial charge in [0.05, 0.1) is 5.75 Å². The summed E-state index contributed by atoms with van der Waals surface area (Å²) in [6.07, 6.45) is 2.97. The molecule has 2 aromatic carbocycles. The van der Waals surface area contributed by atoms with E-state index >= 15 is 0 Å². The summed E-state index contributed by atoms with van der Waals surface area (Å²) in [6.45, 7) is 7.70. The molecule has 1 heterocycles. The van der Waals surface area contributed by atoms with Crippen molar-refractivity contribution in [2.45, 2.75) is 38.5 Å². The van der Waals surface area contributed by atoms with Crippen molar-refractivity contribution >= 4 is 15.7 Å². The number of nitrogens with zero attached hydrogens (tertiary/aromatic N) is 1. The lowest BCUT2D eigenvalue weighted by Crippen LogP contribution is -2.30. The van der Waals surface area contributed by atoms with Gasteiger partial charge in [0.25, 0.3) is 0 Å². The molecule has 0 bridgehead atoms. The van der Waals surface area contributed by atoms with Crippen molar-refractivity contribution in [1.82, 2.24) is 4.90 Å². The van der Waals surface area contributed by atoms with Crippen LogP contribution in [-0.2, 0) is 21.9 Å². The maximum absolute atomic E-state index is 12.1. The van der Waals surface area contributed by atoms with Crippen LogP contribution in [0.25, 0.3) is 0 Å². The maximum atomic E-state index is 12.1. The van der Waals surface area contributed by atoms with Gasteiger partial charge in [-0.2, -0.15) is 0 Å². The van der Waals surface area contributed by atoms with Gasteiger partial charge in [-0.15, -0.1) is 0 Å². The van der Waals surface area contributed by atoms with E-state index in [2.05, 4.69) is 52.9 Å². The van der Waals surface area contributed by atoms with Crippen molar-refractivity contribution in [3.8, 4) is 0 Å². The zero-order valence-corrected chi connectivity index (χ0v) is 18.3. The number of likely N-dealkylation sites (tertiary alicyclic amines) is 1. The Morgan fingerprint density at radius 1 is 1.07 bits per heavy atom. The number of aryl methyl sites for hydroxylation is 1. The highest BCUT2D eigenvalue weighted by Crippen LogP contribution is 2.63. The van der Waals surface area contributed by atoms with Gasteiger partial charge < -0.3 is 4.90 Å². The van der Waals surface area contributed by atoms with E-state index in [1.807, 2.05) is 25.1 Å². The molecule has 1 N–H and O–H groups in total. The highest BCUT2D eigenvalue weighted by Gasteiger charge is 2.65. The monoisotopic (exact) mass is 412 g/mol. The van der Waals surface area contributed by atoms with E-state index in [0.29, 0.717) is 23.9 Å². The van der Waals surface area contributed by atoms with E-state index in [1.54, 1.807) is 0 Å². The number of benzene rings is 2. The van der Waals surface area contributed by atoms with Crippen LogP contribution in [0.4, 0.5) is 5.69 Å². The number of rotatable bonds is 9. The summed E-state index contributed by atoms with van der Waals surface area (Å²) in [5.74, 6) is 1.53. The molecule has 1 saturated carbocycles. The fraction of sp³-hybridized carbons (Fsp3) is 0.500. The number of nitrogens with one attached hydrogen (secondary N) is 1. The zero-order chi connectivity index (χ0) is 20.5. The molecule has 1 aliphatic heterocycles. The van der Waals surface area contributed by atoms with Crippen LogP contribution < -0.4 is 4.72 Å². The summed E-state index contributed by atoms with van der Waals surface area (Å²) in [5.41, 5.74) is 3.57. The third-order valence-electron chi connectivity index (χ3n) is 6.84. The number of piperidine rings is 1. The molecule has 4 rings (SSSR count). The molecule has 0 radical (unpaired) electrons. The highest BCUT2D eigenvalue weighted by atomic mass is 32.2. The summed E-state index contributed by atoms with van der Waals surface area (Å²) in [6, 6.07) is 18.8. The van der Waals surface area contributed by atoms with Gasteiger partial charge in [-0.05, 0) is 60.9 Å². The van der Waals surface area contributed by atoms with Crippen molar-refractivity contribution in [1.29, 1.82) is 0 Å². The first-order chi connectivity index (χ1) is 13.9. The summed E-state index contributed by atoms with van der Waals surface area (Å²) in [4.78, 5) is 2.60. The Labute approximate surface area is 175 Å². The molecular weight excluding hydrogens is 380 g/mol. The molecule has 2 aliphatic rings. The fourth-order valence-corrected chi connectivity index (χ4v) is 6.27. The average molecular weight is 413 g/mol. The predicted octanol–water partition coefficient (Wildman–Crippen LogP) is 4.29. The quantitative estimate of drug-likeness (QED) is 0.668. The third kappa shape index (κ3) is 4.36. The highest BCUT2D eigenvalue weighted by molar-refractivity contribution is 7.92. The molecule has 0 spiro atoms. The van der Waals surface area contributed by atoms with E-state index < -0.39 is 10.0 Å². The Balaban J connectivity index is 1.32. The van der Waals surface area contributed by atoms with E-state index in [4.69, 9.17) is 0 Å². The molecule has 0 aromatic heterocycles. The lowest BCUT2D eigenvalue weighted by Gasteiger charge is -2.25. The molecule has 2 atom stereocenters. The molecule has 0 amide bonds. The minimum absolute atomic E-state index is 0.164. The molecule has 1 aliphatic carbocycles. The molecular formula is C24H32N2O2S. The number of sulfonamides is 1. The van der Waals surface area contributed by atoms with E-state index in [9.17, 15) is 8.42 Å². The number of fused-ring (bicyclic) bond motifs is 1. The first-order valence-corrected chi connectivity index (χ1v) is 12.4.